The number of hydrogen-bond acceptors (Lipinski definition) is 4. The monoisotopic (exact) mass is 302 g/mol. The fraction of sp³-hybridized carbons (Fsp3) is 0.471. The van der Waals surface area contributed by atoms with E-state index >= 15 is 0 Å². The van der Waals surface area contributed by atoms with Crippen LogP contribution in [0.15, 0.2) is 18.2 Å². The molecule has 1 aromatic carbocycles. The van der Waals surface area contributed by atoms with Crippen molar-refractivity contribution in [2.24, 2.45) is 5.73 Å². The fourth-order valence-corrected chi connectivity index (χ4v) is 3.57. The zero-order valence-corrected chi connectivity index (χ0v) is 13.5. The van der Waals surface area contributed by atoms with Gasteiger partial charge in [0.05, 0.1) is 17.3 Å². The van der Waals surface area contributed by atoms with E-state index in [1.165, 1.54) is 34.5 Å². The molecule has 2 aromatic rings. The van der Waals surface area contributed by atoms with Crippen molar-refractivity contribution in [3.8, 4) is 5.75 Å². The molecule has 112 valence electrons. The lowest BCUT2D eigenvalue weighted by molar-refractivity contribution is 0.319. The van der Waals surface area contributed by atoms with Gasteiger partial charge in [-0.25, -0.2) is 4.98 Å². The summed E-state index contributed by atoms with van der Waals surface area (Å²) in [6, 6.07) is 6.29. The van der Waals surface area contributed by atoms with Gasteiger partial charge in [-0.05, 0) is 38.3 Å². The summed E-state index contributed by atoms with van der Waals surface area (Å²) >= 11 is 1.75. The quantitative estimate of drug-likeness (QED) is 0.884. The number of thiazole rings is 1. The van der Waals surface area contributed by atoms with E-state index < -0.39 is 0 Å². The summed E-state index contributed by atoms with van der Waals surface area (Å²) in [6.07, 6.45) is 3.40. The van der Waals surface area contributed by atoms with E-state index in [2.05, 4.69) is 26.0 Å². The third kappa shape index (κ3) is 3.44. The summed E-state index contributed by atoms with van der Waals surface area (Å²) in [6.45, 7) is 5.47. The molecule has 0 aliphatic heterocycles. The van der Waals surface area contributed by atoms with Crippen LogP contribution >= 0.6 is 11.3 Å². The number of nitrogens with zero attached hydrogens (tertiary/aromatic N) is 1. The van der Waals surface area contributed by atoms with Crippen LogP contribution in [-0.2, 0) is 13.0 Å². The number of benzene rings is 1. The Kier molecular flexibility index (Phi) is 4.27. The van der Waals surface area contributed by atoms with Crippen molar-refractivity contribution < 1.29 is 4.74 Å². The molecule has 1 aliphatic rings. The third-order valence-corrected chi connectivity index (χ3v) is 4.98. The molecule has 0 saturated heterocycles. The highest BCUT2D eigenvalue weighted by atomic mass is 32.1. The van der Waals surface area contributed by atoms with Gasteiger partial charge < -0.3 is 10.5 Å². The Labute approximate surface area is 130 Å². The van der Waals surface area contributed by atoms with E-state index in [9.17, 15) is 0 Å². The first kappa shape index (κ1) is 14.5. The second-order valence-corrected chi connectivity index (χ2v) is 6.93. The van der Waals surface area contributed by atoms with Crippen LogP contribution in [-0.4, -0.2) is 11.6 Å². The topological polar surface area (TPSA) is 48.1 Å². The number of aromatic nitrogens is 1. The van der Waals surface area contributed by atoms with Gasteiger partial charge in [0.2, 0.25) is 0 Å². The molecule has 21 heavy (non-hydrogen) atoms. The van der Waals surface area contributed by atoms with E-state index in [1.54, 1.807) is 11.3 Å². The van der Waals surface area contributed by atoms with Crippen LogP contribution in [0.2, 0.25) is 0 Å². The van der Waals surface area contributed by atoms with Crippen molar-refractivity contribution in [3.63, 3.8) is 0 Å². The first-order chi connectivity index (χ1) is 10.2. The van der Waals surface area contributed by atoms with Gasteiger partial charge >= 0.3 is 0 Å². The number of rotatable bonds is 6. The normalized spacial score (nSPS) is 14.4. The second-order valence-electron chi connectivity index (χ2n) is 5.76. The fourth-order valence-electron chi connectivity index (χ4n) is 2.55. The molecule has 0 spiro atoms. The molecular weight excluding hydrogens is 280 g/mol. The smallest absolute Gasteiger partial charge is 0.122 e. The summed E-state index contributed by atoms with van der Waals surface area (Å²) in [7, 11) is 0. The van der Waals surface area contributed by atoms with Crippen molar-refractivity contribution >= 4 is 11.3 Å². The van der Waals surface area contributed by atoms with Crippen LogP contribution in [0.4, 0.5) is 0 Å². The second kappa shape index (κ2) is 6.16. The molecule has 1 aliphatic carbocycles. The van der Waals surface area contributed by atoms with Crippen LogP contribution < -0.4 is 10.5 Å². The highest BCUT2D eigenvalue weighted by Gasteiger charge is 2.29. The van der Waals surface area contributed by atoms with E-state index in [0.717, 1.165) is 17.2 Å². The first-order valence-electron chi connectivity index (χ1n) is 7.56. The molecule has 1 aromatic heterocycles. The summed E-state index contributed by atoms with van der Waals surface area (Å²) in [5.74, 6) is 1.65. The van der Waals surface area contributed by atoms with Crippen LogP contribution in [0, 0.1) is 13.8 Å². The Hall–Kier alpha value is -1.39. The Morgan fingerprint density at radius 3 is 2.81 bits per heavy atom. The highest BCUT2D eigenvalue weighted by molar-refractivity contribution is 7.11. The average Bonchev–Trinajstić information content (AvgIpc) is 3.22. The summed E-state index contributed by atoms with van der Waals surface area (Å²) in [4.78, 5) is 6.03. The van der Waals surface area contributed by atoms with Gasteiger partial charge in [0.1, 0.15) is 5.75 Å². The number of nitrogens with two attached hydrogens (primary N) is 1. The van der Waals surface area contributed by atoms with Crippen molar-refractivity contribution in [1.29, 1.82) is 0 Å². The molecule has 1 fully saturated rings. The van der Waals surface area contributed by atoms with Gasteiger partial charge in [0, 0.05) is 23.8 Å². The minimum atomic E-state index is 0.613. The van der Waals surface area contributed by atoms with E-state index in [1.807, 2.05) is 6.07 Å². The van der Waals surface area contributed by atoms with Crippen molar-refractivity contribution in [3.05, 3.63) is 44.9 Å². The van der Waals surface area contributed by atoms with Crippen LogP contribution in [0.5, 0.6) is 5.75 Å². The van der Waals surface area contributed by atoms with Crippen LogP contribution in [0.3, 0.4) is 0 Å². The maximum absolute atomic E-state index is 5.89. The molecule has 0 bridgehead atoms. The van der Waals surface area contributed by atoms with Crippen molar-refractivity contribution in [2.75, 3.05) is 6.61 Å². The molecule has 1 heterocycles. The predicted octanol–water partition coefficient (Wildman–Crippen LogP) is 3.72. The lowest BCUT2D eigenvalue weighted by Gasteiger charge is -2.08. The highest BCUT2D eigenvalue weighted by Crippen LogP contribution is 2.42. The molecule has 0 atom stereocenters. The molecule has 3 nitrogen and oxygen atoms in total. The van der Waals surface area contributed by atoms with Crippen molar-refractivity contribution in [2.45, 2.75) is 45.6 Å². The largest absolute Gasteiger partial charge is 0.493 e. The molecule has 0 radical (unpaired) electrons. The minimum Gasteiger partial charge on any atom is -0.493 e. The average molecular weight is 302 g/mol. The zero-order chi connectivity index (χ0) is 14.8. The maximum atomic E-state index is 5.89. The number of hydrogen-bond donors (Lipinski definition) is 1. The lowest BCUT2D eigenvalue weighted by atomic mass is 10.1. The van der Waals surface area contributed by atoms with Crippen LogP contribution in [0.25, 0.3) is 0 Å². The Balaban J connectivity index is 1.60. The van der Waals surface area contributed by atoms with Gasteiger partial charge in [0.25, 0.3) is 0 Å². The van der Waals surface area contributed by atoms with E-state index in [-0.39, 0.29) is 0 Å². The Morgan fingerprint density at radius 2 is 2.14 bits per heavy atom. The lowest BCUT2D eigenvalue weighted by Crippen LogP contribution is -2.02. The van der Waals surface area contributed by atoms with Crippen molar-refractivity contribution in [1.82, 2.24) is 4.98 Å². The number of aryl methyl sites for hydroxylation is 2. The van der Waals surface area contributed by atoms with E-state index in [0.29, 0.717) is 19.1 Å². The molecule has 2 N–H and O–H groups in total. The van der Waals surface area contributed by atoms with E-state index in [4.69, 9.17) is 15.5 Å². The van der Waals surface area contributed by atoms with Gasteiger partial charge in [-0.2, -0.15) is 0 Å². The standard InChI is InChI=1S/C17H22N2OS/c1-11-3-6-14(12(2)9-11)20-8-7-16-19-17(13-4-5-13)15(10-18)21-16/h3,6,9,13H,4-5,7-8,10,18H2,1-2H3. The molecule has 4 heteroatoms. The molecule has 0 unspecified atom stereocenters. The predicted molar refractivity (Wildman–Crippen MR) is 87.1 cm³/mol. The SMILES string of the molecule is Cc1ccc(OCCc2nc(C3CC3)c(CN)s2)c(C)c1. The maximum Gasteiger partial charge on any atom is 0.122 e. The van der Waals surface area contributed by atoms with Gasteiger partial charge in [-0.3, -0.25) is 0 Å². The molecular formula is C17H22N2OS. The molecule has 1 saturated carbocycles. The van der Waals surface area contributed by atoms with Gasteiger partial charge in [-0.15, -0.1) is 11.3 Å². The minimum absolute atomic E-state index is 0.613. The van der Waals surface area contributed by atoms with Crippen LogP contribution in [0.1, 0.15) is 45.5 Å². The Bertz CT molecular complexity index is 632. The summed E-state index contributed by atoms with van der Waals surface area (Å²) in [5.41, 5.74) is 9.53. The van der Waals surface area contributed by atoms with Gasteiger partial charge in [0.15, 0.2) is 0 Å². The summed E-state index contributed by atoms with van der Waals surface area (Å²) in [5, 5.41) is 1.15. The van der Waals surface area contributed by atoms with Gasteiger partial charge in [-0.1, -0.05) is 17.7 Å². The molecule has 3 rings (SSSR count). The first-order valence-corrected chi connectivity index (χ1v) is 8.37. The summed E-state index contributed by atoms with van der Waals surface area (Å²) < 4.78 is 5.89. The Morgan fingerprint density at radius 1 is 1.33 bits per heavy atom. The molecule has 0 amide bonds. The zero-order valence-electron chi connectivity index (χ0n) is 12.7. The number of ether oxygens (including phenoxy) is 1. The third-order valence-electron chi connectivity index (χ3n) is 3.83.